The SMILES string of the molecule is CS(=O)CCN(c1cc2oc(-c3ccc(F)cc3)c(C#N)c2cc1C1CC1)S(C)(=O)=O. The number of hydrogen-bond acceptors (Lipinski definition) is 5. The Balaban J connectivity index is 1.92. The molecule has 162 valence electrons. The second-order valence-corrected chi connectivity index (χ2v) is 11.2. The molecule has 1 heterocycles. The van der Waals surface area contributed by atoms with Crippen molar-refractivity contribution >= 4 is 37.5 Å². The summed E-state index contributed by atoms with van der Waals surface area (Å²) in [7, 11) is -4.78. The van der Waals surface area contributed by atoms with E-state index in [2.05, 4.69) is 6.07 Å². The number of benzene rings is 2. The second kappa shape index (κ2) is 8.09. The van der Waals surface area contributed by atoms with Gasteiger partial charge in [0.25, 0.3) is 0 Å². The maximum absolute atomic E-state index is 13.3. The molecule has 4 rings (SSSR count). The first-order valence-corrected chi connectivity index (χ1v) is 13.3. The molecule has 1 saturated carbocycles. The molecule has 31 heavy (non-hydrogen) atoms. The first-order valence-electron chi connectivity index (χ1n) is 9.73. The quantitative estimate of drug-likeness (QED) is 0.529. The first-order chi connectivity index (χ1) is 14.7. The van der Waals surface area contributed by atoms with E-state index < -0.39 is 26.6 Å². The number of nitrogens with zero attached hydrogens (tertiary/aromatic N) is 2. The summed E-state index contributed by atoms with van der Waals surface area (Å²) < 4.78 is 57.3. The molecule has 1 atom stereocenters. The van der Waals surface area contributed by atoms with Gasteiger partial charge in [0.1, 0.15) is 23.0 Å². The van der Waals surface area contributed by atoms with Gasteiger partial charge in [-0.05, 0) is 54.7 Å². The van der Waals surface area contributed by atoms with Crippen molar-refractivity contribution in [2.75, 3.05) is 29.1 Å². The van der Waals surface area contributed by atoms with E-state index in [-0.39, 0.29) is 18.2 Å². The van der Waals surface area contributed by atoms with Crippen LogP contribution in [0.3, 0.4) is 0 Å². The monoisotopic (exact) mass is 460 g/mol. The Hall–Kier alpha value is -2.70. The van der Waals surface area contributed by atoms with Crippen LogP contribution in [0.2, 0.25) is 0 Å². The van der Waals surface area contributed by atoms with Crippen LogP contribution < -0.4 is 4.31 Å². The van der Waals surface area contributed by atoms with Crippen molar-refractivity contribution in [2.45, 2.75) is 18.8 Å². The van der Waals surface area contributed by atoms with E-state index in [1.165, 1.54) is 34.8 Å². The van der Waals surface area contributed by atoms with Crippen LogP contribution in [0.4, 0.5) is 10.1 Å². The van der Waals surface area contributed by atoms with Gasteiger partial charge in [0.15, 0.2) is 5.76 Å². The van der Waals surface area contributed by atoms with Crippen molar-refractivity contribution in [3.8, 4) is 17.4 Å². The number of anilines is 1. The average molecular weight is 461 g/mol. The molecule has 0 amide bonds. The van der Waals surface area contributed by atoms with Crippen molar-refractivity contribution in [2.24, 2.45) is 0 Å². The standard InChI is InChI=1S/C22H21FN2O4S2/c1-30(26)10-9-25(31(2,27)28)20-12-21-18(11-17(20)14-3-4-14)19(13-24)22(29-21)15-5-7-16(23)8-6-15/h5-8,11-12,14H,3-4,9-10H2,1-2H3. The highest BCUT2D eigenvalue weighted by atomic mass is 32.2. The highest BCUT2D eigenvalue weighted by Crippen LogP contribution is 2.47. The minimum Gasteiger partial charge on any atom is -0.455 e. The molecule has 0 saturated heterocycles. The molecule has 9 heteroatoms. The molecular weight excluding hydrogens is 439 g/mol. The Morgan fingerprint density at radius 1 is 1.26 bits per heavy atom. The molecule has 2 aromatic carbocycles. The summed E-state index contributed by atoms with van der Waals surface area (Å²) in [6.45, 7) is 0.0871. The largest absolute Gasteiger partial charge is 0.455 e. The predicted octanol–water partition coefficient (Wildman–Crippen LogP) is 4.13. The van der Waals surface area contributed by atoms with Gasteiger partial charge in [-0.15, -0.1) is 0 Å². The molecule has 1 aromatic heterocycles. The van der Waals surface area contributed by atoms with Crippen molar-refractivity contribution in [3.05, 3.63) is 53.3 Å². The summed E-state index contributed by atoms with van der Waals surface area (Å²) in [5, 5.41) is 10.4. The second-order valence-electron chi connectivity index (χ2n) is 7.72. The van der Waals surface area contributed by atoms with Gasteiger partial charge in [-0.1, -0.05) is 0 Å². The van der Waals surface area contributed by atoms with Crippen molar-refractivity contribution < 1.29 is 21.4 Å². The van der Waals surface area contributed by atoms with E-state index >= 15 is 0 Å². The Labute approximate surface area is 182 Å². The third-order valence-corrected chi connectivity index (χ3v) is 7.26. The fraction of sp³-hybridized carbons (Fsp3) is 0.318. The predicted molar refractivity (Wildman–Crippen MR) is 119 cm³/mol. The van der Waals surface area contributed by atoms with Gasteiger partial charge in [0.05, 0.1) is 11.9 Å². The van der Waals surface area contributed by atoms with Crippen LogP contribution in [0, 0.1) is 17.1 Å². The van der Waals surface area contributed by atoms with Crippen molar-refractivity contribution in [1.29, 1.82) is 5.26 Å². The number of nitriles is 1. The van der Waals surface area contributed by atoms with Crippen LogP contribution in [-0.2, 0) is 20.8 Å². The zero-order valence-corrected chi connectivity index (χ0v) is 18.7. The Morgan fingerprint density at radius 2 is 1.94 bits per heavy atom. The molecule has 0 aliphatic heterocycles. The minimum absolute atomic E-state index is 0.0871. The zero-order chi connectivity index (χ0) is 22.3. The third kappa shape index (κ3) is 4.36. The Bertz CT molecular complexity index is 1320. The zero-order valence-electron chi connectivity index (χ0n) is 17.1. The summed E-state index contributed by atoms with van der Waals surface area (Å²) in [5.41, 5.74) is 2.59. The topological polar surface area (TPSA) is 91.4 Å². The van der Waals surface area contributed by atoms with Crippen LogP contribution >= 0.6 is 0 Å². The summed E-state index contributed by atoms with van der Waals surface area (Å²) in [6.07, 6.45) is 4.52. The fourth-order valence-corrected chi connectivity index (χ4v) is 5.17. The van der Waals surface area contributed by atoms with E-state index in [1.54, 1.807) is 6.07 Å². The number of furan rings is 1. The average Bonchev–Trinajstić information content (AvgIpc) is 3.48. The molecule has 0 bridgehead atoms. The van der Waals surface area contributed by atoms with E-state index in [1.807, 2.05) is 6.07 Å². The molecule has 6 nitrogen and oxygen atoms in total. The van der Waals surface area contributed by atoms with Crippen LogP contribution in [-0.4, -0.2) is 37.4 Å². The first kappa shape index (κ1) is 21.5. The summed E-state index contributed by atoms with van der Waals surface area (Å²) in [5.74, 6) is 0.328. The number of fused-ring (bicyclic) bond motifs is 1. The Kier molecular flexibility index (Phi) is 5.62. The van der Waals surface area contributed by atoms with Gasteiger partial charge in [0, 0.05) is 46.4 Å². The molecular formula is C22H21FN2O4S2. The van der Waals surface area contributed by atoms with Crippen LogP contribution in [0.15, 0.2) is 40.8 Å². The Morgan fingerprint density at radius 3 is 2.48 bits per heavy atom. The maximum Gasteiger partial charge on any atom is 0.232 e. The lowest BCUT2D eigenvalue weighted by atomic mass is 10.0. The van der Waals surface area contributed by atoms with E-state index in [0.717, 1.165) is 24.7 Å². The van der Waals surface area contributed by atoms with Gasteiger partial charge < -0.3 is 4.42 Å². The summed E-state index contributed by atoms with van der Waals surface area (Å²) in [6, 6.07) is 11.3. The van der Waals surface area contributed by atoms with E-state index in [0.29, 0.717) is 33.5 Å². The third-order valence-electron chi connectivity index (χ3n) is 5.32. The summed E-state index contributed by atoms with van der Waals surface area (Å²) in [4.78, 5) is 0. The molecule has 0 N–H and O–H groups in total. The number of hydrogen-bond donors (Lipinski definition) is 0. The minimum atomic E-state index is -3.63. The highest BCUT2D eigenvalue weighted by molar-refractivity contribution is 7.92. The molecule has 1 aliphatic carbocycles. The van der Waals surface area contributed by atoms with Gasteiger partial charge >= 0.3 is 0 Å². The van der Waals surface area contributed by atoms with E-state index in [4.69, 9.17) is 4.42 Å². The number of rotatable bonds is 7. The normalized spacial score (nSPS) is 15.0. The van der Waals surface area contributed by atoms with Crippen LogP contribution in [0.25, 0.3) is 22.3 Å². The van der Waals surface area contributed by atoms with Crippen molar-refractivity contribution in [3.63, 3.8) is 0 Å². The summed E-state index contributed by atoms with van der Waals surface area (Å²) >= 11 is 0. The molecule has 1 unspecified atom stereocenters. The van der Waals surface area contributed by atoms with E-state index in [9.17, 15) is 22.3 Å². The van der Waals surface area contributed by atoms with Crippen LogP contribution in [0.1, 0.15) is 29.9 Å². The molecule has 3 aromatic rings. The molecule has 0 radical (unpaired) electrons. The van der Waals surface area contributed by atoms with Crippen molar-refractivity contribution in [1.82, 2.24) is 0 Å². The molecule has 1 fully saturated rings. The van der Waals surface area contributed by atoms with Gasteiger partial charge in [-0.25, -0.2) is 12.8 Å². The van der Waals surface area contributed by atoms with Gasteiger partial charge in [0.2, 0.25) is 10.0 Å². The maximum atomic E-state index is 13.3. The lowest BCUT2D eigenvalue weighted by Gasteiger charge is -2.24. The smallest absolute Gasteiger partial charge is 0.232 e. The van der Waals surface area contributed by atoms with Crippen LogP contribution in [0.5, 0.6) is 0 Å². The number of sulfonamides is 1. The number of halogens is 1. The highest BCUT2D eigenvalue weighted by Gasteiger charge is 2.32. The molecule has 0 spiro atoms. The van der Waals surface area contributed by atoms with Gasteiger partial charge in [-0.2, -0.15) is 5.26 Å². The fourth-order valence-electron chi connectivity index (χ4n) is 3.68. The van der Waals surface area contributed by atoms with Gasteiger partial charge in [-0.3, -0.25) is 8.51 Å². The lowest BCUT2D eigenvalue weighted by Crippen LogP contribution is -2.34. The lowest BCUT2D eigenvalue weighted by molar-refractivity contribution is 0.597. The molecule has 1 aliphatic rings.